The summed E-state index contributed by atoms with van der Waals surface area (Å²) in [4.78, 5) is 2.50. The Hall–Kier alpha value is -0.800. The third-order valence-electron chi connectivity index (χ3n) is 4.50. The molecule has 1 atom stereocenters. The van der Waals surface area contributed by atoms with Crippen molar-refractivity contribution in [3.63, 3.8) is 0 Å². The predicted molar refractivity (Wildman–Crippen MR) is 76.9 cm³/mol. The molecule has 1 aromatic rings. The molecule has 1 aliphatic heterocycles. The van der Waals surface area contributed by atoms with Crippen LogP contribution in [0.2, 0.25) is 0 Å². The van der Waals surface area contributed by atoms with Crippen LogP contribution in [0.25, 0.3) is 0 Å². The number of likely N-dealkylation sites (tertiary alicyclic amines) is 1. The Morgan fingerprint density at radius 1 is 1.28 bits per heavy atom. The molecule has 0 aliphatic carbocycles. The Morgan fingerprint density at radius 3 is 2.67 bits per heavy atom. The maximum atomic E-state index is 3.63. The summed E-state index contributed by atoms with van der Waals surface area (Å²) in [6.45, 7) is 7.75. The molecule has 1 aromatic heterocycles. The Kier molecular flexibility index (Phi) is 4.46. The molecule has 1 saturated heterocycles. The van der Waals surface area contributed by atoms with Crippen molar-refractivity contribution >= 4 is 0 Å². The summed E-state index contributed by atoms with van der Waals surface area (Å²) in [7, 11) is 4.40. The summed E-state index contributed by atoms with van der Waals surface area (Å²) in [5.41, 5.74) is 4.17. The van der Waals surface area contributed by atoms with E-state index in [1.165, 1.54) is 42.8 Å². The van der Waals surface area contributed by atoms with E-state index in [9.17, 15) is 0 Å². The van der Waals surface area contributed by atoms with Gasteiger partial charge in [0.1, 0.15) is 0 Å². The van der Waals surface area contributed by atoms with Crippen molar-refractivity contribution in [2.75, 3.05) is 20.1 Å². The number of nitrogens with zero attached hydrogens (tertiary/aromatic N) is 2. The number of nitrogens with one attached hydrogen (secondary N) is 1. The summed E-state index contributed by atoms with van der Waals surface area (Å²) < 4.78 is 2.27. The fraction of sp³-hybridized carbons (Fsp3) is 0.733. The molecule has 102 valence electrons. The van der Waals surface area contributed by atoms with Crippen molar-refractivity contribution in [2.24, 2.45) is 7.05 Å². The number of likely N-dealkylation sites (N-methyl/N-ethyl adjacent to an activating group) is 1. The standard InChI is InChI=1S/C15H27N3/c1-12-9-14(13(2)18(12)4)10-16-11-15-7-5-6-8-17(15)3/h9,15-16H,5-8,10-11H2,1-4H3. The third kappa shape index (κ3) is 2.96. The van der Waals surface area contributed by atoms with Gasteiger partial charge in [-0.1, -0.05) is 6.42 Å². The summed E-state index contributed by atoms with van der Waals surface area (Å²) in [6.07, 6.45) is 4.10. The zero-order chi connectivity index (χ0) is 13.1. The number of aryl methyl sites for hydroxylation is 1. The maximum Gasteiger partial charge on any atom is 0.0224 e. The zero-order valence-corrected chi connectivity index (χ0v) is 12.3. The summed E-state index contributed by atoms with van der Waals surface area (Å²) >= 11 is 0. The van der Waals surface area contributed by atoms with Crippen molar-refractivity contribution in [2.45, 2.75) is 45.7 Å². The molecule has 18 heavy (non-hydrogen) atoms. The molecule has 0 amide bonds. The highest BCUT2D eigenvalue weighted by atomic mass is 15.2. The molecule has 3 nitrogen and oxygen atoms in total. The normalized spacial score (nSPS) is 21.4. The lowest BCUT2D eigenvalue weighted by Gasteiger charge is -2.32. The van der Waals surface area contributed by atoms with E-state index in [0.717, 1.165) is 19.1 Å². The van der Waals surface area contributed by atoms with Crippen LogP contribution >= 0.6 is 0 Å². The molecule has 0 bridgehead atoms. The highest BCUT2D eigenvalue weighted by Gasteiger charge is 2.18. The molecule has 1 unspecified atom stereocenters. The summed E-state index contributed by atoms with van der Waals surface area (Å²) in [6, 6.07) is 3.02. The monoisotopic (exact) mass is 249 g/mol. The quantitative estimate of drug-likeness (QED) is 0.883. The topological polar surface area (TPSA) is 20.2 Å². The summed E-state index contributed by atoms with van der Waals surface area (Å²) in [5, 5.41) is 3.63. The van der Waals surface area contributed by atoms with Crippen LogP contribution in [0, 0.1) is 13.8 Å². The molecular formula is C15H27N3. The Balaban J connectivity index is 1.82. The minimum Gasteiger partial charge on any atom is -0.352 e. The smallest absolute Gasteiger partial charge is 0.0224 e. The predicted octanol–water partition coefficient (Wildman–Crippen LogP) is 2.22. The van der Waals surface area contributed by atoms with Crippen molar-refractivity contribution in [3.8, 4) is 0 Å². The number of piperidine rings is 1. The Bertz CT molecular complexity index is 395. The van der Waals surface area contributed by atoms with Crippen LogP contribution in [0.4, 0.5) is 0 Å². The molecule has 0 aromatic carbocycles. The van der Waals surface area contributed by atoms with Crippen LogP contribution in [-0.2, 0) is 13.6 Å². The van der Waals surface area contributed by atoms with Crippen molar-refractivity contribution in [3.05, 3.63) is 23.0 Å². The lowest BCUT2D eigenvalue weighted by Crippen LogP contribution is -2.42. The van der Waals surface area contributed by atoms with Crippen LogP contribution in [0.1, 0.15) is 36.2 Å². The van der Waals surface area contributed by atoms with Crippen molar-refractivity contribution < 1.29 is 0 Å². The lowest BCUT2D eigenvalue weighted by atomic mass is 10.0. The maximum absolute atomic E-state index is 3.63. The Labute approximate surface area is 111 Å². The van der Waals surface area contributed by atoms with Gasteiger partial charge >= 0.3 is 0 Å². The van der Waals surface area contributed by atoms with Gasteiger partial charge in [-0.25, -0.2) is 0 Å². The van der Waals surface area contributed by atoms with Gasteiger partial charge in [0, 0.05) is 37.6 Å². The van der Waals surface area contributed by atoms with E-state index in [4.69, 9.17) is 0 Å². The average molecular weight is 249 g/mol. The fourth-order valence-corrected chi connectivity index (χ4v) is 2.89. The first-order valence-corrected chi connectivity index (χ1v) is 7.12. The van der Waals surface area contributed by atoms with Crippen molar-refractivity contribution in [1.29, 1.82) is 0 Å². The zero-order valence-electron chi connectivity index (χ0n) is 12.3. The first kappa shape index (κ1) is 13.6. The van der Waals surface area contributed by atoms with Gasteiger partial charge in [-0.15, -0.1) is 0 Å². The number of rotatable bonds is 4. The van der Waals surface area contributed by atoms with E-state index in [2.05, 4.69) is 48.8 Å². The van der Waals surface area contributed by atoms with Crippen LogP contribution in [0.15, 0.2) is 6.07 Å². The van der Waals surface area contributed by atoms with Crippen LogP contribution in [0.3, 0.4) is 0 Å². The molecule has 2 heterocycles. The van der Waals surface area contributed by atoms with Crippen LogP contribution < -0.4 is 5.32 Å². The van der Waals surface area contributed by atoms with Crippen LogP contribution in [0.5, 0.6) is 0 Å². The van der Waals surface area contributed by atoms with Crippen LogP contribution in [-0.4, -0.2) is 35.6 Å². The first-order valence-electron chi connectivity index (χ1n) is 7.12. The highest BCUT2D eigenvalue weighted by molar-refractivity contribution is 5.26. The molecule has 0 saturated carbocycles. The average Bonchev–Trinajstić information content (AvgIpc) is 2.60. The molecule has 2 rings (SSSR count). The van der Waals surface area contributed by atoms with E-state index in [1.807, 2.05) is 0 Å². The lowest BCUT2D eigenvalue weighted by molar-refractivity contribution is 0.181. The third-order valence-corrected chi connectivity index (χ3v) is 4.50. The fourth-order valence-electron chi connectivity index (χ4n) is 2.89. The summed E-state index contributed by atoms with van der Waals surface area (Å²) in [5.74, 6) is 0. The molecular weight excluding hydrogens is 222 g/mol. The largest absolute Gasteiger partial charge is 0.352 e. The van der Waals surface area contributed by atoms with Crippen molar-refractivity contribution in [1.82, 2.24) is 14.8 Å². The highest BCUT2D eigenvalue weighted by Crippen LogP contribution is 2.15. The molecule has 1 fully saturated rings. The number of hydrogen-bond acceptors (Lipinski definition) is 2. The number of aromatic nitrogens is 1. The minimum atomic E-state index is 0.726. The van der Waals surface area contributed by atoms with Gasteiger partial charge in [0.2, 0.25) is 0 Å². The van der Waals surface area contributed by atoms with Gasteiger partial charge in [0.25, 0.3) is 0 Å². The van der Waals surface area contributed by atoms with Gasteiger partial charge in [-0.3, -0.25) is 0 Å². The van der Waals surface area contributed by atoms with E-state index < -0.39 is 0 Å². The molecule has 0 spiro atoms. The van der Waals surface area contributed by atoms with E-state index in [-0.39, 0.29) is 0 Å². The van der Waals surface area contributed by atoms with E-state index >= 15 is 0 Å². The van der Waals surface area contributed by atoms with E-state index in [0.29, 0.717) is 0 Å². The number of hydrogen-bond donors (Lipinski definition) is 1. The molecule has 1 N–H and O–H groups in total. The minimum absolute atomic E-state index is 0.726. The van der Waals surface area contributed by atoms with E-state index in [1.54, 1.807) is 0 Å². The van der Waals surface area contributed by atoms with Gasteiger partial charge in [0.15, 0.2) is 0 Å². The second kappa shape index (κ2) is 5.89. The van der Waals surface area contributed by atoms with Gasteiger partial charge < -0.3 is 14.8 Å². The van der Waals surface area contributed by atoms with Gasteiger partial charge in [-0.2, -0.15) is 0 Å². The SMILES string of the molecule is Cc1cc(CNCC2CCCCN2C)c(C)n1C. The molecule has 1 aliphatic rings. The first-order chi connectivity index (χ1) is 8.59. The Morgan fingerprint density at radius 2 is 2.06 bits per heavy atom. The second-order valence-corrected chi connectivity index (χ2v) is 5.72. The molecule has 3 heteroatoms. The molecule has 0 radical (unpaired) electrons. The second-order valence-electron chi connectivity index (χ2n) is 5.72. The van der Waals surface area contributed by atoms with Gasteiger partial charge in [-0.05, 0) is 51.9 Å². The van der Waals surface area contributed by atoms with Gasteiger partial charge in [0.05, 0.1) is 0 Å².